The van der Waals surface area contributed by atoms with Crippen LogP contribution in [0.4, 0.5) is 0 Å². The van der Waals surface area contributed by atoms with Crippen molar-refractivity contribution in [2.75, 3.05) is 6.61 Å². The van der Waals surface area contributed by atoms with E-state index in [0.717, 1.165) is 25.7 Å². The Hall–Kier alpha value is -0.570. The molecule has 3 nitrogen and oxygen atoms in total. The van der Waals surface area contributed by atoms with Crippen LogP contribution in [0.3, 0.4) is 0 Å². The minimum atomic E-state index is -0.0478. The number of aliphatic hydroxyl groups is 1. The number of nitrogens with one attached hydrogen (secondary N) is 1. The molecule has 0 radical (unpaired) electrons. The molecule has 1 atom stereocenters. The Labute approximate surface area is 208 Å². The maximum absolute atomic E-state index is 12.1. The predicted octanol–water partition coefficient (Wildman–Crippen LogP) is 9.26. The van der Waals surface area contributed by atoms with Crippen molar-refractivity contribution >= 4 is 5.91 Å². The van der Waals surface area contributed by atoms with Crippen LogP contribution < -0.4 is 5.32 Å². The number of aliphatic hydroxyl groups excluding tert-OH is 1. The van der Waals surface area contributed by atoms with Gasteiger partial charge in [0.1, 0.15) is 0 Å². The molecule has 2 N–H and O–H groups in total. The fraction of sp³-hybridized carbons (Fsp3) is 0.967. The largest absolute Gasteiger partial charge is 0.394 e. The molecule has 3 heteroatoms. The molecular formula is C30H61NO2. The monoisotopic (exact) mass is 467 g/mol. The average molecular weight is 468 g/mol. The van der Waals surface area contributed by atoms with Crippen LogP contribution >= 0.6 is 0 Å². The molecule has 0 saturated heterocycles. The maximum atomic E-state index is 12.1. The van der Waals surface area contributed by atoms with Crippen LogP contribution in [0.15, 0.2) is 0 Å². The van der Waals surface area contributed by atoms with Crippen molar-refractivity contribution in [3.63, 3.8) is 0 Å². The van der Waals surface area contributed by atoms with Crippen molar-refractivity contribution in [1.29, 1.82) is 0 Å². The second kappa shape index (κ2) is 27.7. The van der Waals surface area contributed by atoms with Gasteiger partial charge in [-0.3, -0.25) is 4.79 Å². The lowest BCUT2D eigenvalue weighted by molar-refractivity contribution is -0.122. The number of hydrogen-bond acceptors (Lipinski definition) is 2. The van der Waals surface area contributed by atoms with Gasteiger partial charge in [-0.05, 0) is 12.8 Å². The van der Waals surface area contributed by atoms with E-state index in [2.05, 4.69) is 19.2 Å². The van der Waals surface area contributed by atoms with Crippen LogP contribution in [0, 0.1) is 0 Å². The first-order valence-corrected chi connectivity index (χ1v) is 15.1. The van der Waals surface area contributed by atoms with E-state index in [-0.39, 0.29) is 18.6 Å². The van der Waals surface area contributed by atoms with Gasteiger partial charge in [0, 0.05) is 6.42 Å². The fourth-order valence-electron chi connectivity index (χ4n) is 4.69. The van der Waals surface area contributed by atoms with Crippen LogP contribution in [0.25, 0.3) is 0 Å². The topological polar surface area (TPSA) is 49.3 Å². The minimum absolute atomic E-state index is 0.0478. The van der Waals surface area contributed by atoms with E-state index in [1.54, 1.807) is 0 Å². The highest BCUT2D eigenvalue weighted by Gasteiger charge is 2.10. The normalized spacial score (nSPS) is 12.2. The van der Waals surface area contributed by atoms with Crippen LogP contribution in [0.1, 0.15) is 174 Å². The molecule has 33 heavy (non-hydrogen) atoms. The summed E-state index contributed by atoms with van der Waals surface area (Å²) >= 11 is 0. The van der Waals surface area contributed by atoms with Gasteiger partial charge in [0.2, 0.25) is 5.91 Å². The highest BCUT2D eigenvalue weighted by molar-refractivity contribution is 5.76. The molecule has 198 valence electrons. The summed E-state index contributed by atoms with van der Waals surface area (Å²) in [6.07, 6.45) is 32.0. The number of unbranched alkanes of at least 4 members (excludes halogenated alkanes) is 21. The molecule has 0 rings (SSSR count). The number of amides is 1. The second-order valence-corrected chi connectivity index (χ2v) is 10.4. The molecule has 1 amide bonds. The second-order valence-electron chi connectivity index (χ2n) is 10.4. The van der Waals surface area contributed by atoms with E-state index in [9.17, 15) is 9.90 Å². The van der Waals surface area contributed by atoms with Gasteiger partial charge in [-0.1, -0.05) is 155 Å². The Balaban J connectivity index is 3.42. The molecule has 0 fully saturated rings. The third kappa shape index (κ3) is 25.9. The third-order valence-corrected chi connectivity index (χ3v) is 7.00. The first-order chi connectivity index (χ1) is 16.2. The summed E-state index contributed by atoms with van der Waals surface area (Å²) in [4.78, 5) is 12.1. The number of hydrogen-bond donors (Lipinski definition) is 2. The van der Waals surface area contributed by atoms with Crippen LogP contribution in [0.5, 0.6) is 0 Å². The summed E-state index contributed by atoms with van der Waals surface area (Å²) in [7, 11) is 0. The van der Waals surface area contributed by atoms with Gasteiger partial charge in [0.05, 0.1) is 12.6 Å². The Bertz CT molecular complexity index is 385. The third-order valence-electron chi connectivity index (χ3n) is 7.00. The van der Waals surface area contributed by atoms with E-state index >= 15 is 0 Å². The molecule has 0 heterocycles. The summed E-state index contributed by atoms with van der Waals surface area (Å²) in [5.41, 5.74) is 0. The summed E-state index contributed by atoms with van der Waals surface area (Å²) in [6.45, 7) is 4.61. The lowest BCUT2D eigenvalue weighted by Crippen LogP contribution is -2.37. The van der Waals surface area contributed by atoms with E-state index in [0.29, 0.717) is 6.42 Å². The quantitative estimate of drug-likeness (QED) is 0.118. The molecule has 0 spiro atoms. The SMILES string of the molecule is CCCCCCCCCCCCCCCC[C@H](CO)NC(=O)CCCCCCCCCCC. The van der Waals surface area contributed by atoms with Crippen molar-refractivity contribution in [3.05, 3.63) is 0 Å². The van der Waals surface area contributed by atoms with Crippen molar-refractivity contribution < 1.29 is 9.90 Å². The zero-order valence-electron chi connectivity index (χ0n) is 22.8. The maximum Gasteiger partial charge on any atom is 0.220 e. The van der Waals surface area contributed by atoms with Crippen molar-refractivity contribution in [2.24, 2.45) is 0 Å². The van der Waals surface area contributed by atoms with E-state index < -0.39 is 0 Å². The summed E-state index contributed by atoms with van der Waals surface area (Å²) in [5.74, 6) is 0.127. The Kier molecular flexibility index (Phi) is 27.2. The van der Waals surface area contributed by atoms with Gasteiger partial charge in [0.25, 0.3) is 0 Å². The minimum Gasteiger partial charge on any atom is -0.394 e. The van der Waals surface area contributed by atoms with Crippen LogP contribution in [-0.2, 0) is 4.79 Å². The first-order valence-electron chi connectivity index (χ1n) is 15.1. The van der Waals surface area contributed by atoms with Gasteiger partial charge in [-0.25, -0.2) is 0 Å². The molecule has 0 aliphatic heterocycles. The summed E-state index contributed by atoms with van der Waals surface area (Å²) < 4.78 is 0. The molecule has 0 aliphatic rings. The zero-order chi connectivity index (χ0) is 24.2. The van der Waals surface area contributed by atoms with E-state index in [1.807, 2.05) is 0 Å². The highest BCUT2D eigenvalue weighted by atomic mass is 16.3. The number of rotatable bonds is 27. The standard InChI is InChI=1S/C30H61NO2/c1-3-5-7-9-11-13-14-15-16-17-19-20-22-24-26-29(28-32)31-30(33)27-25-23-21-18-12-10-8-6-4-2/h29,32H,3-28H2,1-2H3,(H,31,33)/t29-/m1/s1. The number of carbonyl (C=O) groups is 1. The van der Waals surface area contributed by atoms with Crippen molar-refractivity contribution in [1.82, 2.24) is 5.32 Å². The van der Waals surface area contributed by atoms with Gasteiger partial charge in [-0.2, -0.15) is 0 Å². The molecular weight excluding hydrogens is 406 g/mol. The van der Waals surface area contributed by atoms with Crippen LogP contribution in [0.2, 0.25) is 0 Å². The molecule has 0 aromatic rings. The van der Waals surface area contributed by atoms with Gasteiger partial charge >= 0.3 is 0 Å². The van der Waals surface area contributed by atoms with Gasteiger partial charge in [-0.15, -0.1) is 0 Å². The molecule has 0 aromatic carbocycles. The smallest absolute Gasteiger partial charge is 0.220 e. The van der Waals surface area contributed by atoms with Crippen molar-refractivity contribution in [2.45, 2.75) is 180 Å². The lowest BCUT2D eigenvalue weighted by atomic mass is 10.0. The number of carbonyl (C=O) groups excluding carboxylic acids is 1. The predicted molar refractivity (Wildman–Crippen MR) is 146 cm³/mol. The molecule has 0 aliphatic carbocycles. The first kappa shape index (κ1) is 32.4. The Morgan fingerprint density at radius 3 is 1.24 bits per heavy atom. The van der Waals surface area contributed by atoms with Gasteiger partial charge in [0.15, 0.2) is 0 Å². The van der Waals surface area contributed by atoms with E-state index in [1.165, 1.54) is 128 Å². The Morgan fingerprint density at radius 2 is 0.879 bits per heavy atom. The fourth-order valence-corrected chi connectivity index (χ4v) is 4.69. The van der Waals surface area contributed by atoms with Crippen LogP contribution in [-0.4, -0.2) is 23.7 Å². The summed E-state index contributed by atoms with van der Waals surface area (Å²) in [5, 5.41) is 12.6. The van der Waals surface area contributed by atoms with E-state index in [4.69, 9.17) is 0 Å². The molecule has 0 unspecified atom stereocenters. The average Bonchev–Trinajstić information content (AvgIpc) is 2.82. The Morgan fingerprint density at radius 1 is 0.545 bits per heavy atom. The summed E-state index contributed by atoms with van der Waals surface area (Å²) in [6, 6.07) is -0.0478. The highest BCUT2D eigenvalue weighted by Crippen LogP contribution is 2.14. The molecule has 0 aromatic heterocycles. The zero-order valence-corrected chi connectivity index (χ0v) is 22.8. The lowest BCUT2D eigenvalue weighted by Gasteiger charge is -2.16. The molecule has 0 bridgehead atoms. The van der Waals surface area contributed by atoms with Gasteiger partial charge < -0.3 is 10.4 Å². The molecule has 0 saturated carbocycles. The van der Waals surface area contributed by atoms with Crippen molar-refractivity contribution in [3.8, 4) is 0 Å².